The molecule has 2 unspecified atom stereocenters. The number of thiocarbonyl (C=S) groups is 1. The molecular weight excluding hydrogens is 590 g/mol. The molecule has 6 rings (SSSR count). The highest BCUT2D eigenvalue weighted by atomic mass is 32.1. The summed E-state index contributed by atoms with van der Waals surface area (Å²) >= 11 is 5.97. The van der Waals surface area contributed by atoms with Crippen molar-refractivity contribution in [2.24, 2.45) is 11.8 Å². The normalized spacial score (nSPS) is 22.6. The van der Waals surface area contributed by atoms with E-state index in [1.165, 1.54) is 19.1 Å². The first-order chi connectivity index (χ1) is 21.8. The molecule has 0 bridgehead atoms. The molecule has 45 heavy (non-hydrogen) atoms. The molecule has 0 aromatic heterocycles. The molecule has 1 aliphatic carbocycles. The third-order valence-corrected chi connectivity index (χ3v) is 9.73. The highest BCUT2D eigenvalue weighted by molar-refractivity contribution is 7.80. The molecule has 1 saturated carbocycles. The van der Waals surface area contributed by atoms with Crippen LogP contribution in [0.25, 0.3) is 0 Å². The zero-order chi connectivity index (χ0) is 31.7. The fourth-order valence-corrected chi connectivity index (χ4v) is 7.87. The van der Waals surface area contributed by atoms with Gasteiger partial charge in [0.2, 0.25) is 11.8 Å². The largest absolute Gasteiger partial charge is 0.497 e. The lowest BCUT2D eigenvalue weighted by Crippen LogP contribution is -2.60. The third-order valence-electron chi connectivity index (χ3n) is 9.44. The summed E-state index contributed by atoms with van der Waals surface area (Å²) in [6, 6.07) is 23.6. The van der Waals surface area contributed by atoms with Crippen molar-refractivity contribution in [3.8, 4) is 5.75 Å². The van der Waals surface area contributed by atoms with E-state index in [0.717, 1.165) is 32.1 Å². The Morgan fingerprint density at radius 1 is 0.822 bits per heavy atom. The molecule has 0 spiro atoms. The van der Waals surface area contributed by atoms with Gasteiger partial charge in [-0.05, 0) is 60.5 Å². The van der Waals surface area contributed by atoms with Crippen LogP contribution in [0.4, 0.5) is 0 Å². The number of hydrogen-bond donors (Lipinski definition) is 1. The lowest BCUT2D eigenvalue weighted by atomic mass is 9.71. The minimum Gasteiger partial charge on any atom is -0.497 e. The van der Waals surface area contributed by atoms with Gasteiger partial charge in [0, 0.05) is 11.6 Å². The van der Waals surface area contributed by atoms with Crippen LogP contribution in [-0.2, 0) is 24.7 Å². The van der Waals surface area contributed by atoms with E-state index < -0.39 is 41.2 Å². The number of rotatable bonds is 6. The van der Waals surface area contributed by atoms with Crippen LogP contribution in [0.5, 0.6) is 5.75 Å². The van der Waals surface area contributed by atoms with Gasteiger partial charge in [-0.1, -0.05) is 79.9 Å². The maximum absolute atomic E-state index is 14.8. The summed E-state index contributed by atoms with van der Waals surface area (Å²) in [6.07, 6.45) is 4.35. The average molecular weight is 626 g/mol. The lowest BCUT2D eigenvalue weighted by molar-refractivity contribution is -0.152. The number of carbonyl (C=O) groups is 4. The third kappa shape index (κ3) is 4.97. The van der Waals surface area contributed by atoms with E-state index in [4.69, 9.17) is 21.7 Å². The Balaban J connectivity index is 1.55. The van der Waals surface area contributed by atoms with Crippen LogP contribution in [0.2, 0.25) is 0 Å². The molecule has 0 radical (unpaired) electrons. The topological polar surface area (TPSA) is 105 Å². The Labute approximate surface area is 267 Å². The molecule has 2 heterocycles. The van der Waals surface area contributed by atoms with Gasteiger partial charge in [-0.3, -0.25) is 24.6 Å². The minimum atomic E-state index is -1.42. The second-order valence-electron chi connectivity index (χ2n) is 11.7. The van der Waals surface area contributed by atoms with Gasteiger partial charge >= 0.3 is 5.97 Å². The molecule has 3 fully saturated rings. The predicted molar refractivity (Wildman–Crippen MR) is 170 cm³/mol. The average Bonchev–Trinajstić information content (AvgIpc) is 3.55. The van der Waals surface area contributed by atoms with E-state index in [2.05, 4.69) is 5.32 Å². The van der Waals surface area contributed by atoms with E-state index in [0.29, 0.717) is 22.4 Å². The standard InChI is InChI=1S/C35H35N3O6S/c1-43-26-20-18-22(19-21-26)30(39)36-34(45)38-29(33(42)44-2)27-28(32(41)37(31(27)40)25-16-10-5-11-17-25)35(38,23-12-6-3-7-13-23)24-14-8-4-9-15-24/h3-4,6-9,12-15,18-21,25,27-29H,5,10-11,16-17H2,1-2H3,(H,36,39,45)/t27?,28?,29-/m1/s1. The number of carbonyl (C=O) groups excluding carboxylic acids is 4. The number of benzene rings is 3. The fraction of sp³-hybridized carbons (Fsp3) is 0.343. The second kappa shape index (κ2) is 12.4. The number of nitrogens with one attached hydrogen (secondary N) is 1. The zero-order valence-corrected chi connectivity index (χ0v) is 26.0. The van der Waals surface area contributed by atoms with Crippen molar-refractivity contribution in [3.05, 3.63) is 102 Å². The number of hydrogen-bond acceptors (Lipinski definition) is 7. The van der Waals surface area contributed by atoms with Gasteiger partial charge in [0.1, 0.15) is 17.3 Å². The van der Waals surface area contributed by atoms with E-state index in [1.54, 1.807) is 29.2 Å². The van der Waals surface area contributed by atoms with Crippen molar-refractivity contribution < 1.29 is 28.7 Å². The number of likely N-dealkylation sites (tertiary alicyclic amines) is 2. The van der Waals surface area contributed by atoms with Crippen LogP contribution in [0.15, 0.2) is 84.9 Å². The molecule has 2 aliphatic heterocycles. The molecular formula is C35H35N3O6S. The maximum atomic E-state index is 14.8. The number of fused-ring (bicyclic) bond motifs is 1. The molecule has 232 valence electrons. The van der Waals surface area contributed by atoms with Gasteiger partial charge in [-0.25, -0.2) is 4.79 Å². The highest BCUT2D eigenvalue weighted by Gasteiger charge is 2.73. The Hall–Kier alpha value is -4.57. The summed E-state index contributed by atoms with van der Waals surface area (Å²) in [6.45, 7) is 0. The smallest absolute Gasteiger partial charge is 0.329 e. The monoisotopic (exact) mass is 625 g/mol. The summed E-state index contributed by atoms with van der Waals surface area (Å²) in [4.78, 5) is 59.6. The lowest BCUT2D eigenvalue weighted by Gasteiger charge is -2.45. The Kier molecular flexibility index (Phi) is 8.42. The molecule has 3 aromatic carbocycles. The Bertz CT molecular complexity index is 1570. The van der Waals surface area contributed by atoms with Crippen LogP contribution in [0.1, 0.15) is 53.6 Å². The molecule has 3 aromatic rings. The van der Waals surface area contributed by atoms with Crippen molar-refractivity contribution in [1.29, 1.82) is 0 Å². The minimum absolute atomic E-state index is 0.0989. The van der Waals surface area contributed by atoms with E-state index in [-0.39, 0.29) is 17.1 Å². The van der Waals surface area contributed by atoms with Gasteiger partial charge in [-0.2, -0.15) is 0 Å². The van der Waals surface area contributed by atoms with Crippen molar-refractivity contribution in [2.45, 2.75) is 49.7 Å². The van der Waals surface area contributed by atoms with Crippen molar-refractivity contribution in [2.75, 3.05) is 14.2 Å². The van der Waals surface area contributed by atoms with Crippen LogP contribution in [0, 0.1) is 11.8 Å². The molecule has 3 atom stereocenters. The number of methoxy groups -OCH3 is 2. The SMILES string of the molecule is COC(=O)[C@H]1C2C(=O)N(C3CCCCC3)C(=O)C2C(c2ccccc2)(c2ccccc2)N1C(=S)NC(=O)c1ccc(OC)cc1. The molecule has 10 heteroatoms. The Morgan fingerprint density at radius 2 is 1.40 bits per heavy atom. The van der Waals surface area contributed by atoms with Gasteiger partial charge in [0.15, 0.2) is 5.11 Å². The van der Waals surface area contributed by atoms with E-state index in [9.17, 15) is 19.2 Å². The van der Waals surface area contributed by atoms with Crippen molar-refractivity contribution in [1.82, 2.24) is 15.1 Å². The number of amides is 3. The zero-order valence-electron chi connectivity index (χ0n) is 25.2. The number of ether oxygens (including phenoxy) is 2. The first kappa shape index (κ1) is 30.5. The number of imide groups is 1. The van der Waals surface area contributed by atoms with Crippen LogP contribution in [0.3, 0.4) is 0 Å². The molecule has 3 amide bonds. The van der Waals surface area contributed by atoms with Gasteiger partial charge in [0.25, 0.3) is 5.91 Å². The predicted octanol–water partition coefficient (Wildman–Crippen LogP) is 4.44. The summed E-state index contributed by atoms with van der Waals surface area (Å²) in [7, 11) is 2.78. The fourth-order valence-electron chi connectivity index (χ4n) is 7.52. The summed E-state index contributed by atoms with van der Waals surface area (Å²) in [5, 5.41) is 2.71. The van der Waals surface area contributed by atoms with Crippen molar-refractivity contribution >= 4 is 41.0 Å². The van der Waals surface area contributed by atoms with Crippen LogP contribution >= 0.6 is 12.2 Å². The summed E-state index contributed by atoms with van der Waals surface area (Å²) in [5.41, 5.74) is 0.204. The van der Waals surface area contributed by atoms with E-state index >= 15 is 0 Å². The molecule has 9 nitrogen and oxygen atoms in total. The van der Waals surface area contributed by atoms with Gasteiger partial charge in [0.05, 0.1) is 26.1 Å². The van der Waals surface area contributed by atoms with Crippen LogP contribution < -0.4 is 10.1 Å². The highest BCUT2D eigenvalue weighted by Crippen LogP contribution is 2.58. The number of esters is 1. The molecule has 3 aliphatic rings. The summed E-state index contributed by atoms with van der Waals surface area (Å²) in [5.74, 6) is -3.51. The second-order valence-corrected chi connectivity index (χ2v) is 12.1. The Morgan fingerprint density at radius 3 is 1.93 bits per heavy atom. The first-order valence-electron chi connectivity index (χ1n) is 15.2. The van der Waals surface area contributed by atoms with Crippen LogP contribution in [-0.4, -0.2) is 64.9 Å². The molecule has 2 saturated heterocycles. The summed E-state index contributed by atoms with van der Waals surface area (Å²) < 4.78 is 10.5. The van der Waals surface area contributed by atoms with Crippen molar-refractivity contribution in [3.63, 3.8) is 0 Å². The maximum Gasteiger partial charge on any atom is 0.329 e. The molecule has 1 N–H and O–H groups in total. The van der Waals surface area contributed by atoms with Gasteiger partial charge < -0.3 is 14.4 Å². The first-order valence-corrected chi connectivity index (χ1v) is 15.6. The number of nitrogens with zero attached hydrogens (tertiary/aromatic N) is 2. The van der Waals surface area contributed by atoms with E-state index in [1.807, 2.05) is 60.7 Å². The quantitative estimate of drug-likeness (QED) is 0.244. The van der Waals surface area contributed by atoms with Gasteiger partial charge in [-0.15, -0.1) is 0 Å².